The number of ether oxygens (including phenoxy) is 1. The number of halogens is 1. The first kappa shape index (κ1) is 18.0. The van der Waals surface area contributed by atoms with Gasteiger partial charge in [0.25, 0.3) is 0 Å². The fourth-order valence-electron chi connectivity index (χ4n) is 2.31. The van der Waals surface area contributed by atoms with Crippen LogP contribution in [-0.4, -0.2) is 13.4 Å². The maximum Gasteiger partial charge on any atom is 0.223 e. The van der Waals surface area contributed by atoms with Crippen LogP contribution < -0.4 is 9.46 Å². The number of nitrogens with one attached hydrogen (secondary N) is 1. The minimum atomic E-state index is -3.54. The molecule has 0 aliphatic heterocycles. The van der Waals surface area contributed by atoms with Crippen LogP contribution in [0.4, 0.5) is 4.39 Å². The second kappa shape index (κ2) is 8.07. The highest BCUT2D eigenvalue weighted by Crippen LogP contribution is 2.25. The third-order valence-electron chi connectivity index (χ3n) is 3.58. The van der Waals surface area contributed by atoms with Crippen LogP contribution in [0.3, 0.4) is 0 Å². The van der Waals surface area contributed by atoms with E-state index >= 15 is 0 Å². The molecule has 2 aromatic carbocycles. The summed E-state index contributed by atoms with van der Waals surface area (Å²) in [6, 6.07) is 18.2. The molecule has 0 unspecified atom stereocenters. The normalized spacial score (nSPS) is 11.3. The molecule has 7 heteroatoms. The molecular weight excluding hydrogens is 355 g/mol. The molecule has 0 aliphatic carbocycles. The van der Waals surface area contributed by atoms with E-state index in [0.29, 0.717) is 11.1 Å². The summed E-state index contributed by atoms with van der Waals surface area (Å²) in [7, 11) is -3.54. The first-order valence-corrected chi connectivity index (χ1v) is 9.56. The van der Waals surface area contributed by atoms with Crippen LogP contribution in [0.25, 0.3) is 0 Å². The Hall–Kier alpha value is -2.77. The van der Waals surface area contributed by atoms with Crippen molar-refractivity contribution in [3.63, 3.8) is 0 Å². The summed E-state index contributed by atoms with van der Waals surface area (Å²) in [4.78, 5) is 4.08. The Morgan fingerprint density at radius 3 is 2.46 bits per heavy atom. The summed E-state index contributed by atoms with van der Waals surface area (Å²) in [5.41, 5.74) is 1.20. The molecule has 3 aromatic rings. The molecule has 0 saturated heterocycles. The van der Waals surface area contributed by atoms with Crippen LogP contribution in [0, 0.1) is 5.82 Å². The Kier molecular flexibility index (Phi) is 5.60. The van der Waals surface area contributed by atoms with E-state index < -0.39 is 15.8 Å². The van der Waals surface area contributed by atoms with Gasteiger partial charge < -0.3 is 4.74 Å². The average molecular weight is 372 g/mol. The van der Waals surface area contributed by atoms with Gasteiger partial charge in [0.05, 0.1) is 5.75 Å². The first-order chi connectivity index (χ1) is 12.5. The molecule has 1 heterocycles. The predicted molar refractivity (Wildman–Crippen MR) is 96.6 cm³/mol. The second-order valence-corrected chi connectivity index (χ2v) is 7.37. The van der Waals surface area contributed by atoms with E-state index in [2.05, 4.69) is 9.71 Å². The highest BCUT2D eigenvalue weighted by molar-refractivity contribution is 7.88. The smallest absolute Gasteiger partial charge is 0.223 e. The highest BCUT2D eigenvalue weighted by atomic mass is 32.2. The van der Waals surface area contributed by atoms with Crippen LogP contribution in [0.5, 0.6) is 11.6 Å². The van der Waals surface area contributed by atoms with Crippen molar-refractivity contribution in [1.29, 1.82) is 0 Å². The van der Waals surface area contributed by atoms with Gasteiger partial charge in [-0.2, -0.15) is 0 Å². The third-order valence-corrected chi connectivity index (χ3v) is 4.87. The Morgan fingerprint density at radius 1 is 0.962 bits per heavy atom. The van der Waals surface area contributed by atoms with Crippen LogP contribution >= 0.6 is 0 Å². The van der Waals surface area contributed by atoms with Crippen molar-refractivity contribution in [2.45, 2.75) is 12.3 Å². The van der Waals surface area contributed by atoms with Gasteiger partial charge in [0.1, 0.15) is 0 Å². The Bertz CT molecular complexity index is 979. The van der Waals surface area contributed by atoms with E-state index in [1.807, 2.05) is 6.07 Å². The van der Waals surface area contributed by atoms with Crippen LogP contribution in [0.2, 0.25) is 0 Å². The Balaban J connectivity index is 1.71. The monoisotopic (exact) mass is 372 g/mol. The van der Waals surface area contributed by atoms with Crippen LogP contribution in [-0.2, 0) is 22.3 Å². The predicted octanol–water partition coefficient (Wildman–Crippen LogP) is 3.63. The van der Waals surface area contributed by atoms with Crippen molar-refractivity contribution in [3.8, 4) is 11.6 Å². The largest absolute Gasteiger partial charge is 0.436 e. The molecule has 0 saturated carbocycles. The van der Waals surface area contributed by atoms with E-state index in [-0.39, 0.29) is 23.9 Å². The number of nitrogens with zero attached hydrogens (tertiary/aromatic N) is 1. The standard InChI is InChI=1S/C19H17FN2O3S/c20-17-10-4-5-11-18(17)25-19-16(9-6-12-21-19)13-22-26(23,24)14-15-7-2-1-3-8-15/h1-12,22H,13-14H2. The number of sulfonamides is 1. The van der Waals surface area contributed by atoms with Gasteiger partial charge in [0.2, 0.25) is 15.9 Å². The minimum absolute atomic E-state index is 0.00715. The molecular formula is C19H17FN2O3S. The lowest BCUT2D eigenvalue weighted by Crippen LogP contribution is -2.25. The molecule has 0 spiro atoms. The molecule has 5 nitrogen and oxygen atoms in total. The van der Waals surface area contributed by atoms with Gasteiger partial charge in [-0.05, 0) is 23.8 Å². The molecule has 1 aromatic heterocycles. The SMILES string of the molecule is O=S(=O)(Cc1ccccc1)NCc1cccnc1Oc1ccccc1F. The third kappa shape index (κ3) is 4.87. The van der Waals surface area contributed by atoms with Crippen LogP contribution in [0.15, 0.2) is 72.9 Å². The number of benzene rings is 2. The summed E-state index contributed by atoms with van der Waals surface area (Å²) < 4.78 is 46.3. The second-order valence-electron chi connectivity index (χ2n) is 5.57. The summed E-state index contributed by atoms with van der Waals surface area (Å²) in [6.45, 7) is -0.00715. The van der Waals surface area contributed by atoms with Gasteiger partial charge in [-0.15, -0.1) is 0 Å². The summed E-state index contributed by atoms with van der Waals surface area (Å²) in [6.07, 6.45) is 1.50. The number of aromatic nitrogens is 1. The van der Waals surface area contributed by atoms with Gasteiger partial charge >= 0.3 is 0 Å². The maximum atomic E-state index is 13.8. The molecule has 3 rings (SSSR count). The molecule has 0 radical (unpaired) electrons. The molecule has 1 N–H and O–H groups in total. The van der Waals surface area contributed by atoms with Gasteiger partial charge in [-0.3, -0.25) is 0 Å². The number of rotatable bonds is 7. The van der Waals surface area contributed by atoms with Gasteiger partial charge in [0.15, 0.2) is 11.6 Å². The number of hydrogen-bond donors (Lipinski definition) is 1. The molecule has 0 aliphatic rings. The lowest BCUT2D eigenvalue weighted by atomic mass is 10.2. The minimum Gasteiger partial charge on any atom is -0.436 e. The first-order valence-electron chi connectivity index (χ1n) is 7.91. The van der Waals surface area contributed by atoms with Crippen molar-refractivity contribution < 1.29 is 17.5 Å². The zero-order valence-corrected chi connectivity index (χ0v) is 14.6. The molecule has 26 heavy (non-hydrogen) atoms. The van der Waals surface area contributed by atoms with Crippen molar-refractivity contribution in [3.05, 3.63) is 89.9 Å². The average Bonchev–Trinajstić information content (AvgIpc) is 2.63. The van der Waals surface area contributed by atoms with E-state index in [1.165, 1.54) is 18.3 Å². The van der Waals surface area contributed by atoms with E-state index in [1.54, 1.807) is 48.5 Å². The molecule has 0 amide bonds. The summed E-state index contributed by atoms with van der Waals surface area (Å²) >= 11 is 0. The number of pyridine rings is 1. The van der Waals surface area contributed by atoms with E-state index in [0.717, 1.165) is 0 Å². The zero-order valence-electron chi connectivity index (χ0n) is 13.8. The van der Waals surface area contributed by atoms with Gasteiger partial charge in [0, 0.05) is 18.3 Å². The Labute approximate surface area is 151 Å². The van der Waals surface area contributed by atoms with Gasteiger partial charge in [-0.25, -0.2) is 22.5 Å². The number of para-hydroxylation sites is 1. The molecule has 0 atom stereocenters. The molecule has 0 fully saturated rings. The quantitative estimate of drug-likeness (QED) is 0.688. The lowest BCUT2D eigenvalue weighted by Gasteiger charge is -2.11. The van der Waals surface area contributed by atoms with Crippen molar-refractivity contribution >= 4 is 10.0 Å². The van der Waals surface area contributed by atoms with E-state index in [4.69, 9.17) is 4.74 Å². The van der Waals surface area contributed by atoms with E-state index in [9.17, 15) is 12.8 Å². The van der Waals surface area contributed by atoms with Crippen LogP contribution in [0.1, 0.15) is 11.1 Å². The zero-order chi connectivity index (χ0) is 18.4. The fourth-order valence-corrected chi connectivity index (χ4v) is 3.42. The Morgan fingerprint density at radius 2 is 1.69 bits per heavy atom. The number of hydrogen-bond acceptors (Lipinski definition) is 4. The summed E-state index contributed by atoms with van der Waals surface area (Å²) in [5, 5.41) is 0. The molecule has 0 bridgehead atoms. The fraction of sp³-hybridized carbons (Fsp3) is 0.105. The highest BCUT2D eigenvalue weighted by Gasteiger charge is 2.14. The van der Waals surface area contributed by atoms with Gasteiger partial charge in [-0.1, -0.05) is 48.5 Å². The summed E-state index contributed by atoms with van der Waals surface area (Å²) in [5.74, 6) is -0.467. The van der Waals surface area contributed by atoms with Crippen molar-refractivity contribution in [1.82, 2.24) is 9.71 Å². The van der Waals surface area contributed by atoms with Crippen molar-refractivity contribution in [2.24, 2.45) is 0 Å². The topological polar surface area (TPSA) is 68.3 Å². The maximum absolute atomic E-state index is 13.8. The molecule has 134 valence electrons. The lowest BCUT2D eigenvalue weighted by molar-refractivity contribution is 0.422. The van der Waals surface area contributed by atoms with Crippen molar-refractivity contribution in [2.75, 3.05) is 0 Å².